The standard InChI is InChI=1S/C14H12ClNO2/c1-16(11-5-3-2-4-6-11)14(18)10-7-8-13(17)12(15)9-10/h2-9,17H,1H3. The Kier molecular flexibility index (Phi) is 3.53. The number of nitrogens with zero attached hydrogens (tertiary/aromatic N) is 1. The molecule has 0 saturated carbocycles. The highest BCUT2D eigenvalue weighted by Gasteiger charge is 2.14. The van der Waals surface area contributed by atoms with E-state index in [2.05, 4.69) is 0 Å². The molecule has 92 valence electrons. The van der Waals surface area contributed by atoms with Crippen molar-refractivity contribution in [2.75, 3.05) is 11.9 Å². The van der Waals surface area contributed by atoms with Gasteiger partial charge in [0.25, 0.3) is 5.91 Å². The first-order chi connectivity index (χ1) is 8.59. The number of amides is 1. The zero-order chi connectivity index (χ0) is 13.1. The minimum Gasteiger partial charge on any atom is -0.506 e. The summed E-state index contributed by atoms with van der Waals surface area (Å²) in [6, 6.07) is 13.7. The lowest BCUT2D eigenvalue weighted by atomic mass is 10.2. The third kappa shape index (κ3) is 2.46. The molecule has 2 aromatic carbocycles. The van der Waals surface area contributed by atoms with Crippen LogP contribution in [0.4, 0.5) is 5.69 Å². The number of phenols is 1. The summed E-state index contributed by atoms with van der Waals surface area (Å²) in [5.41, 5.74) is 1.23. The van der Waals surface area contributed by atoms with E-state index in [1.54, 1.807) is 13.1 Å². The van der Waals surface area contributed by atoms with Gasteiger partial charge in [-0.05, 0) is 30.3 Å². The molecule has 0 atom stereocenters. The molecule has 0 fully saturated rings. The summed E-state index contributed by atoms with van der Waals surface area (Å²) in [7, 11) is 1.69. The van der Waals surface area contributed by atoms with Crippen molar-refractivity contribution >= 4 is 23.2 Å². The minimum absolute atomic E-state index is 0.0319. The number of carbonyl (C=O) groups excluding carboxylic acids is 1. The number of anilines is 1. The smallest absolute Gasteiger partial charge is 0.258 e. The summed E-state index contributed by atoms with van der Waals surface area (Å²) >= 11 is 5.79. The highest BCUT2D eigenvalue weighted by Crippen LogP contribution is 2.25. The van der Waals surface area contributed by atoms with Crippen molar-refractivity contribution in [2.45, 2.75) is 0 Å². The van der Waals surface area contributed by atoms with Gasteiger partial charge in [-0.2, -0.15) is 0 Å². The van der Waals surface area contributed by atoms with Crippen molar-refractivity contribution in [3.63, 3.8) is 0 Å². The summed E-state index contributed by atoms with van der Waals surface area (Å²) < 4.78 is 0. The van der Waals surface area contributed by atoms with Gasteiger partial charge in [-0.1, -0.05) is 29.8 Å². The quantitative estimate of drug-likeness (QED) is 0.901. The van der Waals surface area contributed by atoms with Crippen LogP contribution in [0, 0.1) is 0 Å². The molecule has 0 bridgehead atoms. The van der Waals surface area contributed by atoms with Crippen LogP contribution in [0.15, 0.2) is 48.5 Å². The van der Waals surface area contributed by atoms with E-state index in [4.69, 9.17) is 11.6 Å². The van der Waals surface area contributed by atoms with Gasteiger partial charge in [-0.3, -0.25) is 4.79 Å². The predicted octanol–water partition coefficient (Wildman–Crippen LogP) is 3.32. The van der Waals surface area contributed by atoms with E-state index >= 15 is 0 Å². The van der Waals surface area contributed by atoms with Crippen LogP contribution in [0.3, 0.4) is 0 Å². The van der Waals surface area contributed by atoms with Crippen LogP contribution in [0.25, 0.3) is 0 Å². The Morgan fingerprint density at radius 2 is 1.83 bits per heavy atom. The Bertz CT molecular complexity index is 569. The van der Waals surface area contributed by atoms with E-state index in [0.29, 0.717) is 5.56 Å². The second-order valence-corrected chi connectivity index (χ2v) is 4.27. The molecule has 1 amide bonds. The summed E-state index contributed by atoms with van der Waals surface area (Å²) in [5.74, 6) is -0.210. The molecule has 3 nitrogen and oxygen atoms in total. The number of carbonyl (C=O) groups is 1. The summed E-state index contributed by atoms with van der Waals surface area (Å²) in [5, 5.41) is 9.49. The van der Waals surface area contributed by atoms with Gasteiger partial charge >= 0.3 is 0 Å². The molecule has 18 heavy (non-hydrogen) atoms. The molecule has 0 aliphatic carbocycles. The minimum atomic E-state index is -0.178. The van der Waals surface area contributed by atoms with Crippen LogP contribution in [-0.4, -0.2) is 18.1 Å². The molecule has 0 aromatic heterocycles. The number of aromatic hydroxyl groups is 1. The Hall–Kier alpha value is -2.00. The molecule has 1 N–H and O–H groups in total. The molecular formula is C14H12ClNO2. The van der Waals surface area contributed by atoms with Gasteiger partial charge in [0, 0.05) is 18.3 Å². The zero-order valence-electron chi connectivity index (χ0n) is 9.80. The van der Waals surface area contributed by atoms with Crippen LogP contribution >= 0.6 is 11.6 Å². The first-order valence-electron chi connectivity index (χ1n) is 5.41. The van der Waals surface area contributed by atoms with Gasteiger partial charge in [-0.15, -0.1) is 0 Å². The number of hydrogen-bond donors (Lipinski definition) is 1. The van der Waals surface area contributed by atoms with Crippen LogP contribution in [0.5, 0.6) is 5.75 Å². The Morgan fingerprint density at radius 1 is 1.17 bits per heavy atom. The number of phenolic OH excluding ortho intramolecular Hbond substituents is 1. The monoisotopic (exact) mass is 261 g/mol. The Labute approximate surface area is 110 Å². The lowest BCUT2D eigenvalue weighted by Gasteiger charge is -2.17. The second kappa shape index (κ2) is 5.10. The molecule has 0 radical (unpaired) electrons. The van der Waals surface area contributed by atoms with Crippen molar-refractivity contribution < 1.29 is 9.90 Å². The van der Waals surface area contributed by atoms with E-state index in [1.807, 2.05) is 30.3 Å². The average Bonchev–Trinajstić information content (AvgIpc) is 2.41. The van der Waals surface area contributed by atoms with Crippen molar-refractivity contribution in [3.8, 4) is 5.75 Å². The molecule has 0 aliphatic rings. The topological polar surface area (TPSA) is 40.5 Å². The number of hydrogen-bond acceptors (Lipinski definition) is 2. The molecule has 2 aromatic rings. The van der Waals surface area contributed by atoms with Gasteiger partial charge in [0.05, 0.1) is 5.02 Å². The fraction of sp³-hybridized carbons (Fsp3) is 0.0714. The van der Waals surface area contributed by atoms with E-state index in [9.17, 15) is 9.90 Å². The average molecular weight is 262 g/mol. The van der Waals surface area contributed by atoms with E-state index in [0.717, 1.165) is 5.69 Å². The number of rotatable bonds is 2. The predicted molar refractivity (Wildman–Crippen MR) is 72.3 cm³/mol. The first kappa shape index (κ1) is 12.5. The van der Waals surface area contributed by atoms with Crippen LogP contribution in [0.2, 0.25) is 5.02 Å². The third-order valence-electron chi connectivity index (χ3n) is 2.64. The van der Waals surface area contributed by atoms with Crippen molar-refractivity contribution in [2.24, 2.45) is 0 Å². The molecule has 0 spiro atoms. The molecule has 0 saturated heterocycles. The highest BCUT2D eigenvalue weighted by atomic mass is 35.5. The summed E-state index contributed by atoms with van der Waals surface area (Å²) in [6.07, 6.45) is 0. The van der Waals surface area contributed by atoms with Gasteiger partial charge in [0.2, 0.25) is 0 Å². The van der Waals surface area contributed by atoms with Gasteiger partial charge in [-0.25, -0.2) is 0 Å². The van der Waals surface area contributed by atoms with Crippen LogP contribution in [-0.2, 0) is 0 Å². The SMILES string of the molecule is CN(C(=O)c1ccc(O)c(Cl)c1)c1ccccc1. The number of halogens is 1. The lowest BCUT2D eigenvalue weighted by Crippen LogP contribution is -2.26. The fourth-order valence-corrected chi connectivity index (χ4v) is 1.78. The van der Waals surface area contributed by atoms with Gasteiger partial charge in [0.15, 0.2) is 0 Å². The largest absolute Gasteiger partial charge is 0.506 e. The highest BCUT2D eigenvalue weighted by molar-refractivity contribution is 6.32. The fourth-order valence-electron chi connectivity index (χ4n) is 1.60. The summed E-state index contributed by atoms with van der Waals surface area (Å²) in [6.45, 7) is 0. The number of benzene rings is 2. The van der Waals surface area contributed by atoms with E-state index in [1.165, 1.54) is 17.0 Å². The summed E-state index contributed by atoms with van der Waals surface area (Å²) in [4.78, 5) is 13.7. The maximum absolute atomic E-state index is 12.2. The van der Waals surface area contributed by atoms with Gasteiger partial charge in [0.1, 0.15) is 5.75 Å². The number of para-hydroxylation sites is 1. The van der Waals surface area contributed by atoms with E-state index in [-0.39, 0.29) is 16.7 Å². The zero-order valence-corrected chi connectivity index (χ0v) is 10.6. The molecule has 0 heterocycles. The Morgan fingerprint density at radius 3 is 2.44 bits per heavy atom. The van der Waals surface area contributed by atoms with Crippen molar-refractivity contribution in [1.29, 1.82) is 0 Å². The molecule has 0 aliphatic heterocycles. The van der Waals surface area contributed by atoms with Crippen molar-refractivity contribution in [3.05, 3.63) is 59.1 Å². The third-order valence-corrected chi connectivity index (χ3v) is 2.95. The van der Waals surface area contributed by atoms with Crippen LogP contribution < -0.4 is 4.90 Å². The second-order valence-electron chi connectivity index (χ2n) is 3.87. The van der Waals surface area contributed by atoms with Gasteiger partial charge < -0.3 is 10.0 Å². The molecule has 0 unspecified atom stereocenters. The molecule has 2 rings (SSSR count). The maximum atomic E-state index is 12.2. The maximum Gasteiger partial charge on any atom is 0.258 e. The van der Waals surface area contributed by atoms with E-state index < -0.39 is 0 Å². The van der Waals surface area contributed by atoms with Crippen LogP contribution in [0.1, 0.15) is 10.4 Å². The lowest BCUT2D eigenvalue weighted by molar-refractivity contribution is 0.0993. The normalized spacial score (nSPS) is 10.1. The first-order valence-corrected chi connectivity index (χ1v) is 5.79. The molecule has 4 heteroatoms. The van der Waals surface area contributed by atoms with Crippen molar-refractivity contribution in [1.82, 2.24) is 0 Å². The Balaban J connectivity index is 2.29. The molecular weight excluding hydrogens is 250 g/mol.